The summed E-state index contributed by atoms with van der Waals surface area (Å²) >= 11 is 1.64. The highest BCUT2D eigenvalue weighted by Gasteiger charge is 2.33. The minimum Gasteiger partial charge on any atom is -0.497 e. The number of nitrogens with two attached hydrogens (primary N) is 1. The summed E-state index contributed by atoms with van der Waals surface area (Å²) in [5.41, 5.74) is 6.50. The van der Waals surface area contributed by atoms with Gasteiger partial charge >= 0.3 is 0 Å². The first-order valence-electron chi connectivity index (χ1n) is 8.04. The van der Waals surface area contributed by atoms with Crippen LogP contribution in [-0.2, 0) is 16.1 Å². The average Bonchev–Trinajstić information content (AvgIpc) is 3.31. The molecule has 6 heteroatoms. The standard InChI is InChI=1S/C18H22N2O3S/c1-22-14-6-4-13(5-7-14)20(12-16-3-2-10-24-16)18(21)17-9-8-15(11-19)23-17/h2-7,10,15,17H,8-9,11-12,19H2,1H3/t15-,17+/m1/s1. The van der Waals surface area contributed by atoms with Crippen LogP contribution in [0.5, 0.6) is 5.75 Å². The maximum atomic E-state index is 13.0. The number of anilines is 1. The first-order valence-corrected chi connectivity index (χ1v) is 8.92. The summed E-state index contributed by atoms with van der Waals surface area (Å²) in [5.74, 6) is 0.757. The Labute approximate surface area is 146 Å². The summed E-state index contributed by atoms with van der Waals surface area (Å²) in [7, 11) is 1.63. The SMILES string of the molecule is COc1ccc(N(Cc2cccs2)C(=O)[C@@H]2CC[C@H](CN)O2)cc1. The average molecular weight is 346 g/mol. The third-order valence-corrected chi connectivity index (χ3v) is 5.05. The maximum absolute atomic E-state index is 13.0. The molecular formula is C18H22N2O3S. The molecular weight excluding hydrogens is 324 g/mol. The molecule has 1 amide bonds. The first-order chi connectivity index (χ1) is 11.7. The van der Waals surface area contributed by atoms with Crippen molar-refractivity contribution in [2.75, 3.05) is 18.6 Å². The van der Waals surface area contributed by atoms with Crippen molar-refractivity contribution in [2.45, 2.75) is 31.6 Å². The Morgan fingerprint density at radius 3 is 2.71 bits per heavy atom. The molecule has 0 radical (unpaired) electrons. The van der Waals surface area contributed by atoms with Crippen molar-refractivity contribution in [2.24, 2.45) is 5.73 Å². The Balaban J connectivity index is 1.82. The van der Waals surface area contributed by atoms with Crippen LogP contribution in [0.1, 0.15) is 17.7 Å². The van der Waals surface area contributed by atoms with Gasteiger partial charge < -0.3 is 20.1 Å². The molecule has 0 spiro atoms. The van der Waals surface area contributed by atoms with Gasteiger partial charge in [0, 0.05) is 17.1 Å². The zero-order chi connectivity index (χ0) is 16.9. The van der Waals surface area contributed by atoms with Crippen molar-refractivity contribution in [3.63, 3.8) is 0 Å². The van der Waals surface area contributed by atoms with Crippen molar-refractivity contribution < 1.29 is 14.3 Å². The summed E-state index contributed by atoms with van der Waals surface area (Å²) in [6.45, 7) is 0.993. The molecule has 2 N–H and O–H groups in total. The second-order valence-electron chi connectivity index (χ2n) is 5.76. The molecule has 5 nitrogen and oxygen atoms in total. The van der Waals surface area contributed by atoms with Crippen LogP contribution < -0.4 is 15.4 Å². The molecule has 3 rings (SSSR count). The van der Waals surface area contributed by atoms with Gasteiger partial charge in [-0.25, -0.2) is 0 Å². The number of thiophene rings is 1. The van der Waals surface area contributed by atoms with Gasteiger partial charge in [-0.1, -0.05) is 6.07 Å². The van der Waals surface area contributed by atoms with Crippen molar-refractivity contribution in [1.82, 2.24) is 0 Å². The van der Waals surface area contributed by atoms with Crippen LogP contribution >= 0.6 is 11.3 Å². The van der Waals surface area contributed by atoms with E-state index in [0.29, 0.717) is 13.1 Å². The zero-order valence-electron chi connectivity index (χ0n) is 13.7. The third kappa shape index (κ3) is 3.77. The minimum atomic E-state index is -0.416. The highest BCUT2D eigenvalue weighted by molar-refractivity contribution is 7.09. The molecule has 1 aromatic heterocycles. The summed E-state index contributed by atoms with van der Waals surface area (Å²) < 4.78 is 11.0. The second kappa shape index (κ2) is 7.79. The number of hydrogen-bond donors (Lipinski definition) is 1. The number of benzene rings is 1. The van der Waals surface area contributed by atoms with Gasteiger partial charge in [0.05, 0.1) is 19.8 Å². The van der Waals surface area contributed by atoms with E-state index in [-0.39, 0.29) is 12.0 Å². The fourth-order valence-electron chi connectivity index (χ4n) is 2.85. The van der Waals surface area contributed by atoms with E-state index in [4.69, 9.17) is 15.2 Å². The van der Waals surface area contributed by atoms with Crippen molar-refractivity contribution in [1.29, 1.82) is 0 Å². The van der Waals surface area contributed by atoms with Gasteiger partial charge in [-0.3, -0.25) is 4.79 Å². The number of hydrogen-bond acceptors (Lipinski definition) is 5. The topological polar surface area (TPSA) is 64.8 Å². The Morgan fingerprint density at radius 2 is 2.12 bits per heavy atom. The number of methoxy groups -OCH3 is 1. The van der Waals surface area contributed by atoms with Crippen LogP contribution in [-0.4, -0.2) is 31.8 Å². The lowest BCUT2D eigenvalue weighted by Gasteiger charge is -2.25. The summed E-state index contributed by atoms with van der Waals surface area (Å²) in [6.07, 6.45) is 1.12. The molecule has 2 aromatic rings. The van der Waals surface area contributed by atoms with E-state index in [1.54, 1.807) is 23.3 Å². The molecule has 2 atom stereocenters. The maximum Gasteiger partial charge on any atom is 0.256 e. The van der Waals surface area contributed by atoms with Crippen LogP contribution in [0.25, 0.3) is 0 Å². The van der Waals surface area contributed by atoms with E-state index >= 15 is 0 Å². The molecule has 1 saturated heterocycles. The molecule has 0 aliphatic carbocycles. The molecule has 1 fully saturated rings. The van der Waals surface area contributed by atoms with Crippen molar-refractivity contribution in [3.05, 3.63) is 46.7 Å². The minimum absolute atomic E-state index is 0.00971. The second-order valence-corrected chi connectivity index (χ2v) is 6.79. The number of nitrogens with zero attached hydrogens (tertiary/aromatic N) is 1. The Kier molecular flexibility index (Phi) is 5.50. The molecule has 1 aliphatic heterocycles. The molecule has 0 bridgehead atoms. The van der Waals surface area contributed by atoms with E-state index < -0.39 is 6.10 Å². The first kappa shape index (κ1) is 17.0. The fraction of sp³-hybridized carbons (Fsp3) is 0.389. The number of amides is 1. The van der Waals surface area contributed by atoms with Crippen LogP contribution in [0.3, 0.4) is 0 Å². The number of carbonyl (C=O) groups excluding carboxylic acids is 1. The third-order valence-electron chi connectivity index (χ3n) is 4.19. The van der Waals surface area contributed by atoms with Crippen LogP contribution in [0, 0.1) is 0 Å². The van der Waals surface area contributed by atoms with E-state index in [9.17, 15) is 4.79 Å². The number of ether oxygens (including phenoxy) is 2. The van der Waals surface area contributed by atoms with Crippen LogP contribution in [0.15, 0.2) is 41.8 Å². The van der Waals surface area contributed by atoms with Gasteiger partial charge in [0.15, 0.2) is 0 Å². The summed E-state index contributed by atoms with van der Waals surface area (Å²) in [4.78, 5) is 15.9. The van der Waals surface area contributed by atoms with Crippen LogP contribution in [0.2, 0.25) is 0 Å². The summed E-state index contributed by atoms with van der Waals surface area (Å²) in [6, 6.07) is 11.6. The predicted molar refractivity (Wildman–Crippen MR) is 95.5 cm³/mol. The van der Waals surface area contributed by atoms with Crippen molar-refractivity contribution >= 4 is 22.9 Å². The van der Waals surface area contributed by atoms with Gasteiger partial charge in [-0.2, -0.15) is 0 Å². The normalized spacial score (nSPS) is 20.1. The lowest BCUT2D eigenvalue weighted by atomic mass is 10.1. The lowest BCUT2D eigenvalue weighted by molar-refractivity contribution is -0.129. The van der Waals surface area contributed by atoms with Gasteiger partial charge in [0.1, 0.15) is 11.9 Å². The smallest absolute Gasteiger partial charge is 0.256 e. The Hall–Kier alpha value is -1.89. The summed E-state index contributed by atoms with van der Waals surface area (Å²) in [5, 5.41) is 2.02. The Morgan fingerprint density at radius 1 is 1.33 bits per heavy atom. The highest BCUT2D eigenvalue weighted by Crippen LogP contribution is 2.27. The van der Waals surface area contributed by atoms with Gasteiger partial charge in [-0.05, 0) is 48.6 Å². The van der Waals surface area contributed by atoms with Crippen molar-refractivity contribution in [3.8, 4) is 5.75 Å². The fourth-order valence-corrected chi connectivity index (χ4v) is 3.54. The molecule has 2 heterocycles. The zero-order valence-corrected chi connectivity index (χ0v) is 14.5. The molecule has 1 aromatic carbocycles. The largest absolute Gasteiger partial charge is 0.497 e. The molecule has 128 valence electrons. The number of carbonyl (C=O) groups is 1. The van der Waals surface area contributed by atoms with E-state index in [2.05, 4.69) is 0 Å². The van der Waals surface area contributed by atoms with Gasteiger partial charge in [0.2, 0.25) is 0 Å². The number of rotatable bonds is 6. The lowest BCUT2D eigenvalue weighted by Crippen LogP contribution is -2.39. The van der Waals surface area contributed by atoms with E-state index in [1.165, 1.54) is 0 Å². The van der Waals surface area contributed by atoms with E-state index in [1.807, 2.05) is 41.8 Å². The van der Waals surface area contributed by atoms with Crippen LogP contribution in [0.4, 0.5) is 5.69 Å². The molecule has 0 saturated carbocycles. The molecule has 24 heavy (non-hydrogen) atoms. The molecule has 1 aliphatic rings. The molecule has 0 unspecified atom stereocenters. The van der Waals surface area contributed by atoms with Gasteiger partial charge in [-0.15, -0.1) is 11.3 Å². The van der Waals surface area contributed by atoms with Gasteiger partial charge in [0.25, 0.3) is 5.91 Å². The monoisotopic (exact) mass is 346 g/mol. The Bertz CT molecular complexity index is 657. The quantitative estimate of drug-likeness (QED) is 0.873. The van der Waals surface area contributed by atoms with E-state index in [0.717, 1.165) is 29.2 Å². The highest BCUT2D eigenvalue weighted by atomic mass is 32.1. The predicted octanol–water partition coefficient (Wildman–Crippen LogP) is 2.80.